The van der Waals surface area contributed by atoms with E-state index in [2.05, 4.69) is 20.7 Å². The van der Waals surface area contributed by atoms with Crippen LogP contribution < -0.4 is 4.72 Å². The summed E-state index contributed by atoms with van der Waals surface area (Å²) in [5.74, 6) is 0. The first-order valence-corrected chi connectivity index (χ1v) is 8.13. The summed E-state index contributed by atoms with van der Waals surface area (Å²) in [5.41, 5.74) is 0. The van der Waals surface area contributed by atoms with E-state index in [4.69, 9.17) is 0 Å². The second-order valence-electron chi connectivity index (χ2n) is 4.41. The monoisotopic (exact) mass is 317 g/mol. The fourth-order valence-electron chi connectivity index (χ4n) is 2.14. The van der Waals surface area contributed by atoms with E-state index in [0.717, 1.165) is 30.2 Å². The lowest BCUT2D eigenvalue weighted by atomic mass is 9.96. The molecule has 17 heavy (non-hydrogen) atoms. The maximum absolute atomic E-state index is 12.1. The van der Waals surface area contributed by atoms with Gasteiger partial charge in [-0.2, -0.15) is 0 Å². The molecule has 0 unspecified atom stereocenters. The lowest BCUT2D eigenvalue weighted by Gasteiger charge is -2.22. The summed E-state index contributed by atoms with van der Waals surface area (Å²) < 4.78 is 27.8. The van der Waals surface area contributed by atoms with Gasteiger partial charge in [0.15, 0.2) is 0 Å². The van der Waals surface area contributed by atoms with Gasteiger partial charge in [0.05, 0.1) is 4.90 Å². The molecule has 1 N–H and O–H groups in total. The predicted octanol–water partition coefficient (Wildman–Crippen LogP) is 3.06. The average molecular weight is 318 g/mol. The first-order chi connectivity index (χ1) is 8.08. The van der Waals surface area contributed by atoms with Crippen molar-refractivity contribution in [1.29, 1.82) is 0 Å². The minimum Gasteiger partial charge on any atom is -0.208 e. The number of halogens is 1. The normalized spacial score (nSPS) is 18.2. The van der Waals surface area contributed by atoms with Crippen LogP contribution in [0.3, 0.4) is 0 Å². The second kappa shape index (κ2) is 5.50. The molecule has 0 radical (unpaired) electrons. The van der Waals surface area contributed by atoms with Crippen molar-refractivity contribution >= 4 is 26.0 Å². The van der Waals surface area contributed by atoms with Gasteiger partial charge < -0.3 is 0 Å². The van der Waals surface area contributed by atoms with E-state index in [1.54, 1.807) is 18.2 Å². The largest absolute Gasteiger partial charge is 0.240 e. The number of hydrogen-bond acceptors (Lipinski definition) is 2. The maximum atomic E-state index is 12.1. The van der Waals surface area contributed by atoms with Crippen LogP contribution in [-0.4, -0.2) is 14.5 Å². The maximum Gasteiger partial charge on any atom is 0.240 e. The van der Waals surface area contributed by atoms with Crippen LogP contribution >= 0.6 is 15.9 Å². The molecule has 1 aliphatic rings. The molecule has 0 aliphatic heterocycles. The predicted molar refractivity (Wildman–Crippen MR) is 71.3 cm³/mol. The van der Waals surface area contributed by atoms with E-state index in [-0.39, 0.29) is 6.04 Å². The first kappa shape index (κ1) is 13.1. The molecule has 1 aromatic carbocycles. The average Bonchev–Trinajstić information content (AvgIpc) is 2.30. The van der Waals surface area contributed by atoms with Crippen molar-refractivity contribution in [3.05, 3.63) is 28.7 Å². The minimum atomic E-state index is -3.36. The molecule has 0 spiro atoms. The highest BCUT2D eigenvalue weighted by molar-refractivity contribution is 9.10. The third-order valence-electron chi connectivity index (χ3n) is 3.03. The van der Waals surface area contributed by atoms with E-state index < -0.39 is 10.0 Å². The molecule has 94 valence electrons. The van der Waals surface area contributed by atoms with Crippen molar-refractivity contribution in [1.82, 2.24) is 4.72 Å². The molecule has 0 bridgehead atoms. The van der Waals surface area contributed by atoms with Crippen LogP contribution in [0.5, 0.6) is 0 Å². The van der Waals surface area contributed by atoms with Gasteiger partial charge in [0.25, 0.3) is 0 Å². The fraction of sp³-hybridized carbons (Fsp3) is 0.500. The molecule has 1 aliphatic carbocycles. The van der Waals surface area contributed by atoms with Gasteiger partial charge in [0, 0.05) is 10.5 Å². The molecule has 2 rings (SSSR count). The summed E-state index contributed by atoms with van der Waals surface area (Å²) in [4.78, 5) is 0.331. The Morgan fingerprint density at radius 3 is 2.53 bits per heavy atom. The van der Waals surface area contributed by atoms with Crippen LogP contribution in [0.15, 0.2) is 33.6 Å². The summed E-state index contributed by atoms with van der Waals surface area (Å²) in [6.07, 6.45) is 5.35. The molecule has 0 atom stereocenters. The number of benzene rings is 1. The van der Waals surface area contributed by atoms with Crippen molar-refractivity contribution in [2.24, 2.45) is 0 Å². The zero-order valence-corrected chi connectivity index (χ0v) is 11.9. The van der Waals surface area contributed by atoms with Crippen LogP contribution in [0.25, 0.3) is 0 Å². The SMILES string of the molecule is O=S(=O)(NC1CCCCC1)c1cccc(Br)c1. The van der Waals surface area contributed by atoms with Gasteiger partial charge in [-0.25, -0.2) is 13.1 Å². The van der Waals surface area contributed by atoms with E-state index in [9.17, 15) is 8.42 Å². The highest BCUT2D eigenvalue weighted by Gasteiger charge is 2.21. The molecule has 0 saturated heterocycles. The lowest BCUT2D eigenvalue weighted by molar-refractivity contribution is 0.412. The van der Waals surface area contributed by atoms with Gasteiger partial charge in [0.2, 0.25) is 10.0 Å². The molecular formula is C12H16BrNO2S. The zero-order valence-electron chi connectivity index (χ0n) is 9.52. The van der Waals surface area contributed by atoms with Gasteiger partial charge in [-0.3, -0.25) is 0 Å². The number of rotatable bonds is 3. The Bertz CT molecular complexity index is 481. The Balaban J connectivity index is 2.13. The standard InChI is InChI=1S/C12H16BrNO2S/c13-10-5-4-8-12(9-10)17(15,16)14-11-6-2-1-3-7-11/h4-5,8-9,11,14H,1-3,6-7H2. The van der Waals surface area contributed by atoms with Gasteiger partial charge in [-0.1, -0.05) is 41.3 Å². The van der Waals surface area contributed by atoms with Gasteiger partial charge in [-0.05, 0) is 31.0 Å². The summed E-state index contributed by atoms with van der Waals surface area (Å²) in [6.45, 7) is 0. The third-order valence-corrected chi connectivity index (χ3v) is 5.04. The van der Waals surface area contributed by atoms with Gasteiger partial charge >= 0.3 is 0 Å². The first-order valence-electron chi connectivity index (χ1n) is 5.86. The Labute approximate surface area is 111 Å². The number of sulfonamides is 1. The van der Waals surface area contributed by atoms with Crippen LogP contribution in [0, 0.1) is 0 Å². The Kier molecular flexibility index (Phi) is 4.22. The van der Waals surface area contributed by atoms with Crippen LogP contribution in [0.2, 0.25) is 0 Å². The van der Waals surface area contributed by atoms with E-state index in [1.807, 2.05) is 6.07 Å². The molecule has 5 heteroatoms. The second-order valence-corrected chi connectivity index (χ2v) is 7.04. The fourth-order valence-corrected chi connectivity index (χ4v) is 4.04. The molecule has 0 amide bonds. The summed E-state index contributed by atoms with van der Waals surface area (Å²) in [5, 5.41) is 0. The van der Waals surface area contributed by atoms with Crippen molar-refractivity contribution in [2.75, 3.05) is 0 Å². The zero-order chi connectivity index (χ0) is 12.3. The van der Waals surface area contributed by atoms with Crippen molar-refractivity contribution < 1.29 is 8.42 Å². The Hall–Kier alpha value is -0.390. The summed E-state index contributed by atoms with van der Waals surface area (Å²) in [6, 6.07) is 6.91. The molecule has 0 heterocycles. The molecule has 1 saturated carbocycles. The quantitative estimate of drug-likeness (QED) is 0.931. The van der Waals surface area contributed by atoms with Gasteiger partial charge in [0.1, 0.15) is 0 Å². The van der Waals surface area contributed by atoms with Gasteiger partial charge in [-0.15, -0.1) is 0 Å². The van der Waals surface area contributed by atoms with E-state index in [0.29, 0.717) is 4.90 Å². The summed E-state index contributed by atoms with van der Waals surface area (Å²) in [7, 11) is -3.36. The smallest absolute Gasteiger partial charge is 0.208 e. The third kappa shape index (κ3) is 3.53. The summed E-state index contributed by atoms with van der Waals surface area (Å²) >= 11 is 3.29. The van der Waals surface area contributed by atoms with Crippen molar-refractivity contribution in [3.8, 4) is 0 Å². The molecule has 1 aromatic rings. The molecule has 1 fully saturated rings. The topological polar surface area (TPSA) is 46.2 Å². The number of nitrogens with one attached hydrogen (secondary N) is 1. The highest BCUT2D eigenvalue weighted by atomic mass is 79.9. The Morgan fingerprint density at radius 1 is 1.18 bits per heavy atom. The lowest BCUT2D eigenvalue weighted by Crippen LogP contribution is -2.36. The molecule has 3 nitrogen and oxygen atoms in total. The molecule has 0 aromatic heterocycles. The molecular weight excluding hydrogens is 302 g/mol. The van der Waals surface area contributed by atoms with E-state index >= 15 is 0 Å². The van der Waals surface area contributed by atoms with E-state index in [1.165, 1.54) is 6.42 Å². The van der Waals surface area contributed by atoms with Crippen molar-refractivity contribution in [3.63, 3.8) is 0 Å². The van der Waals surface area contributed by atoms with Crippen LogP contribution in [-0.2, 0) is 10.0 Å². The van der Waals surface area contributed by atoms with Crippen LogP contribution in [0.1, 0.15) is 32.1 Å². The highest BCUT2D eigenvalue weighted by Crippen LogP contribution is 2.21. The minimum absolute atomic E-state index is 0.104. The van der Waals surface area contributed by atoms with Crippen LogP contribution in [0.4, 0.5) is 0 Å². The Morgan fingerprint density at radius 2 is 1.88 bits per heavy atom. The number of hydrogen-bond donors (Lipinski definition) is 1. The van der Waals surface area contributed by atoms with Crippen molar-refractivity contribution in [2.45, 2.75) is 43.0 Å².